The fourth-order valence-corrected chi connectivity index (χ4v) is 2.06. The molecule has 2 aromatic carbocycles. The molecule has 20 heavy (non-hydrogen) atoms. The molecule has 0 aliphatic carbocycles. The first-order valence-corrected chi connectivity index (χ1v) is 6.80. The third kappa shape index (κ3) is 3.36. The van der Waals surface area contributed by atoms with Crippen molar-refractivity contribution in [1.29, 1.82) is 0 Å². The van der Waals surface area contributed by atoms with Gasteiger partial charge in [-0.05, 0) is 58.4 Å². The second kappa shape index (κ2) is 6.05. The Morgan fingerprint density at radius 1 is 1.15 bits per heavy atom. The van der Waals surface area contributed by atoms with E-state index in [-0.39, 0.29) is 10.4 Å². The molecule has 0 aliphatic rings. The summed E-state index contributed by atoms with van der Waals surface area (Å²) in [6.45, 7) is 0. The molecule has 0 aliphatic heterocycles. The molecule has 1 amide bonds. The summed E-state index contributed by atoms with van der Waals surface area (Å²) < 4.78 is 13.4. The van der Waals surface area contributed by atoms with Gasteiger partial charge in [-0.3, -0.25) is 4.79 Å². The van der Waals surface area contributed by atoms with Crippen molar-refractivity contribution in [3.8, 4) is 0 Å². The molecule has 0 unspecified atom stereocenters. The number of hydrogen-bond donors (Lipinski definition) is 1. The quantitative estimate of drug-likeness (QED) is 0.921. The summed E-state index contributed by atoms with van der Waals surface area (Å²) in [5, 5.41) is 2.77. The lowest BCUT2D eigenvalue weighted by molar-refractivity contribution is 0.102. The molecule has 0 aromatic heterocycles. The molecule has 0 fully saturated rings. The van der Waals surface area contributed by atoms with E-state index < -0.39 is 5.82 Å². The van der Waals surface area contributed by atoms with Gasteiger partial charge in [0.05, 0.1) is 4.47 Å². The van der Waals surface area contributed by atoms with Crippen molar-refractivity contribution in [1.82, 2.24) is 0 Å². The topological polar surface area (TPSA) is 32.3 Å². The van der Waals surface area contributed by atoms with Crippen LogP contribution in [-0.2, 0) is 0 Å². The highest BCUT2D eigenvalue weighted by Gasteiger charge is 2.09. The van der Waals surface area contributed by atoms with E-state index in [1.807, 2.05) is 43.3 Å². The Hall–Kier alpha value is -1.88. The first-order chi connectivity index (χ1) is 9.47. The van der Waals surface area contributed by atoms with Crippen LogP contribution >= 0.6 is 15.9 Å². The molecule has 0 heterocycles. The fourth-order valence-electron chi connectivity index (χ4n) is 1.68. The van der Waals surface area contributed by atoms with Crippen molar-refractivity contribution in [2.45, 2.75) is 0 Å². The van der Waals surface area contributed by atoms with Crippen molar-refractivity contribution in [2.24, 2.45) is 0 Å². The maximum absolute atomic E-state index is 13.1. The van der Waals surface area contributed by atoms with Crippen LogP contribution in [0.2, 0.25) is 0 Å². The van der Waals surface area contributed by atoms with Gasteiger partial charge in [0.1, 0.15) is 5.82 Å². The van der Waals surface area contributed by atoms with Crippen LogP contribution in [0.25, 0.3) is 0 Å². The summed E-state index contributed by atoms with van der Waals surface area (Å²) in [4.78, 5) is 14.0. The minimum atomic E-state index is -0.392. The van der Waals surface area contributed by atoms with E-state index in [4.69, 9.17) is 0 Å². The number of carbonyl (C=O) groups excluding carboxylic acids is 1. The van der Waals surface area contributed by atoms with Crippen LogP contribution < -0.4 is 10.2 Å². The molecule has 0 saturated heterocycles. The van der Waals surface area contributed by atoms with Crippen molar-refractivity contribution in [3.05, 3.63) is 58.3 Å². The lowest BCUT2D eigenvalue weighted by atomic mass is 10.2. The minimum Gasteiger partial charge on any atom is -0.378 e. The smallest absolute Gasteiger partial charge is 0.255 e. The zero-order valence-corrected chi connectivity index (χ0v) is 12.7. The summed E-state index contributed by atoms with van der Waals surface area (Å²) in [5.74, 6) is -0.666. The number of nitrogens with zero attached hydrogens (tertiary/aromatic N) is 1. The van der Waals surface area contributed by atoms with E-state index in [1.165, 1.54) is 18.2 Å². The van der Waals surface area contributed by atoms with Gasteiger partial charge in [-0.2, -0.15) is 0 Å². The van der Waals surface area contributed by atoms with E-state index in [9.17, 15) is 9.18 Å². The van der Waals surface area contributed by atoms with Crippen molar-refractivity contribution < 1.29 is 9.18 Å². The van der Waals surface area contributed by atoms with Gasteiger partial charge < -0.3 is 10.2 Å². The molecular formula is C15H14BrFN2O. The molecule has 5 heteroatoms. The molecule has 0 atom stereocenters. The van der Waals surface area contributed by atoms with Gasteiger partial charge in [0.25, 0.3) is 5.91 Å². The Labute approximate surface area is 125 Å². The Balaban J connectivity index is 2.12. The summed E-state index contributed by atoms with van der Waals surface area (Å²) in [6.07, 6.45) is 0. The number of amides is 1. The second-order valence-corrected chi connectivity index (χ2v) is 5.38. The maximum Gasteiger partial charge on any atom is 0.255 e. The first-order valence-electron chi connectivity index (χ1n) is 6.01. The Bertz CT molecular complexity index is 626. The number of halogens is 2. The Morgan fingerprint density at radius 2 is 1.80 bits per heavy atom. The molecule has 2 rings (SSSR count). The summed E-state index contributed by atoms with van der Waals surface area (Å²) in [6, 6.07) is 11.6. The van der Waals surface area contributed by atoms with Crippen molar-refractivity contribution in [3.63, 3.8) is 0 Å². The second-order valence-electron chi connectivity index (χ2n) is 4.52. The first kappa shape index (κ1) is 14.5. The van der Waals surface area contributed by atoms with Gasteiger partial charge in [0.15, 0.2) is 0 Å². The number of carbonyl (C=O) groups is 1. The fraction of sp³-hybridized carbons (Fsp3) is 0.133. The molecular weight excluding hydrogens is 323 g/mol. The lowest BCUT2D eigenvalue weighted by Crippen LogP contribution is -2.12. The minimum absolute atomic E-state index is 0.271. The average molecular weight is 337 g/mol. The van der Waals surface area contributed by atoms with E-state index in [1.54, 1.807) is 0 Å². The van der Waals surface area contributed by atoms with E-state index in [0.29, 0.717) is 11.3 Å². The molecule has 0 saturated carbocycles. The van der Waals surface area contributed by atoms with Crippen LogP contribution in [0.15, 0.2) is 46.9 Å². The van der Waals surface area contributed by atoms with Gasteiger partial charge >= 0.3 is 0 Å². The van der Waals surface area contributed by atoms with Crippen LogP contribution in [0.5, 0.6) is 0 Å². The Morgan fingerprint density at radius 3 is 2.35 bits per heavy atom. The SMILES string of the molecule is CN(C)c1ccc(NC(=O)c2ccc(F)c(Br)c2)cc1. The third-order valence-electron chi connectivity index (χ3n) is 2.82. The molecule has 104 valence electrons. The van der Waals surface area contributed by atoms with Crippen LogP contribution in [0.4, 0.5) is 15.8 Å². The molecule has 0 radical (unpaired) electrons. The summed E-state index contributed by atoms with van der Waals surface area (Å²) >= 11 is 3.06. The highest BCUT2D eigenvalue weighted by molar-refractivity contribution is 9.10. The van der Waals surface area contributed by atoms with E-state index in [0.717, 1.165) is 5.69 Å². The number of nitrogens with one attached hydrogen (secondary N) is 1. The average Bonchev–Trinajstić information content (AvgIpc) is 2.42. The molecule has 0 bridgehead atoms. The number of rotatable bonds is 3. The zero-order chi connectivity index (χ0) is 14.7. The standard InChI is InChI=1S/C15H14BrFN2O/c1-19(2)12-6-4-11(5-7-12)18-15(20)10-3-8-14(17)13(16)9-10/h3-9H,1-2H3,(H,18,20). The van der Waals surface area contributed by atoms with Gasteiger partial charge in [-0.15, -0.1) is 0 Å². The van der Waals surface area contributed by atoms with Crippen LogP contribution in [-0.4, -0.2) is 20.0 Å². The normalized spacial score (nSPS) is 10.2. The predicted octanol–water partition coefficient (Wildman–Crippen LogP) is 3.91. The van der Waals surface area contributed by atoms with E-state index >= 15 is 0 Å². The third-order valence-corrected chi connectivity index (χ3v) is 3.43. The highest BCUT2D eigenvalue weighted by atomic mass is 79.9. The number of anilines is 2. The highest BCUT2D eigenvalue weighted by Crippen LogP contribution is 2.19. The van der Waals surface area contributed by atoms with Crippen LogP contribution in [0.1, 0.15) is 10.4 Å². The molecule has 0 spiro atoms. The molecule has 2 aromatic rings. The molecule has 1 N–H and O–H groups in total. The zero-order valence-electron chi connectivity index (χ0n) is 11.2. The summed E-state index contributed by atoms with van der Waals surface area (Å²) in [7, 11) is 3.90. The summed E-state index contributed by atoms with van der Waals surface area (Å²) in [5.41, 5.74) is 2.14. The lowest BCUT2D eigenvalue weighted by Gasteiger charge is -2.13. The van der Waals surface area contributed by atoms with Crippen LogP contribution in [0, 0.1) is 5.82 Å². The molecule has 3 nitrogen and oxygen atoms in total. The monoisotopic (exact) mass is 336 g/mol. The van der Waals surface area contributed by atoms with Crippen molar-refractivity contribution >= 4 is 33.2 Å². The number of hydrogen-bond acceptors (Lipinski definition) is 2. The Kier molecular flexibility index (Phi) is 4.39. The van der Waals surface area contributed by atoms with Gasteiger partial charge in [0, 0.05) is 31.0 Å². The predicted molar refractivity (Wildman–Crippen MR) is 82.8 cm³/mol. The maximum atomic E-state index is 13.1. The number of benzene rings is 2. The van der Waals surface area contributed by atoms with Gasteiger partial charge in [0.2, 0.25) is 0 Å². The van der Waals surface area contributed by atoms with Gasteiger partial charge in [-0.1, -0.05) is 0 Å². The van der Waals surface area contributed by atoms with Crippen LogP contribution in [0.3, 0.4) is 0 Å². The van der Waals surface area contributed by atoms with Gasteiger partial charge in [-0.25, -0.2) is 4.39 Å². The van der Waals surface area contributed by atoms with E-state index in [2.05, 4.69) is 21.2 Å². The van der Waals surface area contributed by atoms with Crippen molar-refractivity contribution in [2.75, 3.05) is 24.3 Å². The largest absolute Gasteiger partial charge is 0.378 e.